The molecule has 0 atom stereocenters. The highest BCUT2D eigenvalue weighted by atomic mass is 32.2. The SMILES string of the molecule is Cc1ccccc1N(C)S(=O)(=O)c1cc(C(=O)O)cs1. The van der Waals surface area contributed by atoms with Gasteiger partial charge in [0.2, 0.25) is 0 Å². The van der Waals surface area contributed by atoms with E-state index in [-0.39, 0.29) is 9.77 Å². The molecule has 1 aromatic heterocycles. The third-order valence-electron chi connectivity index (χ3n) is 2.89. The first-order valence-corrected chi connectivity index (χ1v) is 8.02. The van der Waals surface area contributed by atoms with Gasteiger partial charge in [-0.1, -0.05) is 18.2 Å². The molecule has 2 aromatic rings. The summed E-state index contributed by atoms with van der Waals surface area (Å²) >= 11 is 0.903. The third kappa shape index (κ3) is 2.54. The van der Waals surface area contributed by atoms with Crippen LogP contribution in [0.3, 0.4) is 0 Å². The van der Waals surface area contributed by atoms with E-state index in [1.807, 2.05) is 19.1 Å². The number of sulfonamides is 1. The molecule has 1 N–H and O–H groups in total. The van der Waals surface area contributed by atoms with Crippen LogP contribution in [0.2, 0.25) is 0 Å². The number of thiophene rings is 1. The zero-order valence-corrected chi connectivity index (χ0v) is 12.5. The molecular formula is C13H13NO4S2. The molecule has 0 aliphatic carbocycles. The molecule has 0 spiro atoms. The summed E-state index contributed by atoms with van der Waals surface area (Å²) in [6.07, 6.45) is 0. The van der Waals surface area contributed by atoms with Crippen molar-refractivity contribution in [3.63, 3.8) is 0 Å². The van der Waals surface area contributed by atoms with Gasteiger partial charge in [0, 0.05) is 12.4 Å². The van der Waals surface area contributed by atoms with E-state index >= 15 is 0 Å². The monoisotopic (exact) mass is 311 g/mol. The predicted molar refractivity (Wildman–Crippen MR) is 78.0 cm³/mol. The summed E-state index contributed by atoms with van der Waals surface area (Å²) < 4.78 is 26.1. The molecular weight excluding hydrogens is 298 g/mol. The van der Waals surface area contributed by atoms with Crippen LogP contribution in [0.5, 0.6) is 0 Å². The van der Waals surface area contributed by atoms with E-state index in [0.29, 0.717) is 5.69 Å². The van der Waals surface area contributed by atoms with Gasteiger partial charge in [0.15, 0.2) is 0 Å². The highest BCUT2D eigenvalue weighted by molar-refractivity contribution is 7.94. The number of benzene rings is 1. The van der Waals surface area contributed by atoms with E-state index < -0.39 is 16.0 Å². The number of hydrogen-bond donors (Lipinski definition) is 1. The normalized spacial score (nSPS) is 11.3. The topological polar surface area (TPSA) is 74.7 Å². The van der Waals surface area contributed by atoms with E-state index in [0.717, 1.165) is 16.9 Å². The van der Waals surface area contributed by atoms with Crippen molar-refractivity contribution in [2.45, 2.75) is 11.1 Å². The number of aromatic carboxylic acids is 1. The van der Waals surface area contributed by atoms with Crippen LogP contribution < -0.4 is 4.31 Å². The first-order valence-electron chi connectivity index (χ1n) is 5.70. The Balaban J connectivity index is 2.44. The van der Waals surface area contributed by atoms with Crippen LogP contribution in [0.15, 0.2) is 39.9 Å². The first-order chi connectivity index (χ1) is 9.34. The number of aryl methyl sites for hydroxylation is 1. The summed E-state index contributed by atoms with van der Waals surface area (Å²) in [5.74, 6) is -1.14. The van der Waals surface area contributed by atoms with Crippen molar-refractivity contribution >= 4 is 33.0 Å². The largest absolute Gasteiger partial charge is 0.478 e. The van der Waals surface area contributed by atoms with Gasteiger partial charge in [-0.15, -0.1) is 11.3 Å². The molecule has 0 aliphatic heterocycles. The maximum absolute atomic E-state index is 12.5. The number of anilines is 1. The van der Waals surface area contributed by atoms with Crippen LogP contribution in [0.25, 0.3) is 0 Å². The highest BCUT2D eigenvalue weighted by Gasteiger charge is 2.25. The van der Waals surface area contributed by atoms with Gasteiger partial charge in [-0.3, -0.25) is 4.31 Å². The van der Waals surface area contributed by atoms with E-state index in [9.17, 15) is 13.2 Å². The van der Waals surface area contributed by atoms with E-state index in [4.69, 9.17) is 5.11 Å². The summed E-state index contributed by atoms with van der Waals surface area (Å²) in [5.41, 5.74) is 1.37. The molecule has 1 heterocycles. The van der Waals surface area contributed by atoms with Crippen molar-refractivity contribution in [1.29, 1.82) is 0 Å². The average Bonchev–Trinajstić information content (AvgIpc) is 2.89. The van der Waals surface area contributed by atoms with Crippen LogP contribution in [0.4, 0.5) is 5.69 Å². The number of rotatable bonds is 4. The molecule has 0 saturated heterocycles. The molecule has 7 heteroatoms. The molecule has 0 aliphatic rings. The van der Waals surface area contributed by atoms with Gasteiger partial charge in [-0.2, -0.15) is 0 Å². The highest BCUT2D eigenvalue weighted by Crippen LogP contribution is 2.28. The number of carboxylic acids is 1. The molecule has 106 valence electrons. The number of nitrogens with zero attached hydrogens (tertiary/aromatic N) is 1. The van der Waals surface area contributed by atoms with Gasteiger partial charge in [0.1, 0.15) is 4.21 Å². The lowest BCUT2D eigenvalue weighted by Crippen LogP contribution is -2.26. The third-order valence-corrected chi connectivity index (χ3v) is 6.08. The smallest absolute Gasteiger partial charge is 0.336 e. The maximum Gasteiger partial charge on any atom is 0.336 e. The second-order valence-corrected chi connectivity index (χ2v) is 7.33. The molecule has 1 aromatic carbocycles. The quantitative estimate of drug-likeness (QED) is 0.941. The van der Waals surface area contributed by atoms with Gasteiger partial charge in [-0.05, 0) is 24.6 Å². The van der Waals surface area contributed by atoms with Gasteiger partial charge >= 0.3 is 5.97 Å². The van der Waals surface area contributed by atoms with E-state index in [1.54, 1.807) is 12.1 Å². The molecule has 0 saturated carbocycles. The minimum Gasteiger partial charge on any atom is -0.478 e. The number of hydrogen-bond acceptors (Lipinski definition) is 4. The Morgan fingerprint density at radius 1 is 1.30 bits per heavy atom. The molecule has 0 fully saturated rings. The fourth-order valence-corrected chi connectivity index (χ4v) is 4.33. The number of carbonyl (C=O) groups is 1. The Bertz CT molecular complexity index is 749. The molecule has 0 unspecified atom stereocenters. The average molecular weight is 311 g/mol. The van der Waals surface area contributed by atoms with Gasteiger partial charge < -0.3 is 5.11 Å². The zero-order valence-electron chi connectivity index (χ0n) is 10.9. The lowest BCUT2D eigenvalue weighted by Gasteiger charge is -2.20. The van der Waals surface area contributed by atoms with Crippen molar-refractivity contribution in [1.82, 2.24) is 0 Å². The molecule has 20 heavy (non-hydrogen) atoms. The van der Waals surface area contributed by atoms with Crippen LogP contribution >= 0.6 is 11.3 Å². The Morgan fingerprint density at radius 3 is 2.50 bits per heavy atom. The van der Waals surface area contributed by atoms with E-state index in [1.165, 1.54) is 22.8 Å². The predicted octanol–water partition coefficient (Wildman–Crippen LogP) is 2.58. The first kappa shape index (κ1) is 14.5. The van der Waals surface area contributed by atoms with Crippen molar-refractivity contribution in [2.24, 2.45) is 0 Å². The molecule has 5 nitrogen and oxygen atoms in total. The summed E-state index contributed by atoms with van der Waals surface area (Å²) in [6, 6.07) is 8.28. The second-order valence-electron chi connectivity index (χ2n) is 4.22. The van der Waals surface area contributed by atoms with E-state index in [2.05, 4.69) is 0 Å². The minimum absolute atomic E-state index is 0.0145. The number of carboxylic acid groups (broad SMARTS) is 1. The summed E-state index contributed by atoms with van der Waals surface area (Å²) in [6.45, 7) is 1.82. The maximum atomic E-state index is 12.5. The Kier molecular flexibility index (Phi) is 3.82. The molecule has 0 amide bonds. The van der Waals surface area contributed by atoms with Crippen LogP contribution in [-0.2, 0) is 10.0 Å². The fraction of sp³-hybridized carbons (Fsp3) is 0.154. The fourth-order valence-electron chi connectivity index (χ4n) is 1.75. The Hall–Kier alpha value is -1.86. The Labute approximate surface area is 121 Å². The molecule has 2 rings (SSSR count). The van der Waals surface area contributed by atoms with Crippen LogP contribution in [-0.4, -0.2) is 26.5 Å². The van der Waals surface area contributed by atoms with Gasteiger partial charge in [0.25, 0.3) is 10.0 Å². The van der Waals surface area contributed by atoms with Gasteiger partial charge in [0.05, 0.1) is 11.3 Å². The van der Waals surface area contributed by atoms with Gasteiger partial charge in [-0.25, -0.2) is 13.2 Å². The standard InChI is InChI=1S/C13H13NO4S2/c1-9-5-3-4-6-11(9)14(2)20(17,18)12-7-10(8-19-12)13(15)16/h3-8H,1-2H3,(H,15,16). The summed E-state index contributed by atoms with van der Waals surface area (Å²) in [7, 11) is -2.28. The van der Waals surface area contributed by atoms with Crippen LogP contribution in [0, 0.1) is 6.92 Å². The van der Waals surface area contributed by atoms with Crippen molar-refractivity contribution < 1.29 is 18.3 Å². The Morgan fingerprint density at radius 2 is 1.95 bits per heavy atom. The second kappa shape index (κ2) is 5.26. The van der Waals surface area contributed by atoms with Crippen LogP contribution in [0.1, 0.15) is 15.9 Å². The molecule has 0 radical (unpaired) electrons. The number of para-hydroxylation sites is 1. The minimum atomic E-state index is -3.74. The van der Waals surface area contributed by atoms with Crippen molar-refractivity contribution in [3.05, 3.63) is 46.8 Å². The molecule has 0 bridgehead atoms. The van der Waals surface area contributed by atoms with Crippen molar-refractivity contribution in [3.8, 4) is 0 Å². The lowest BCUT2D eigenvalue weighted by molar-refractivity contribution is 0.0697. The zero-order chi connectivity index (χ0) is 14.9. The van der Waals surface area contributed by atoms with Crippen molar-refractivity contribution in [2.75, 3.05) is 11.4 Å². The lowest BCUT2D eigenvalue weighted by atomic mass is 10.2. The summed E-state index contributed by atoms with van der Waals surface area (Å²) in [5, 5.41) is 10.2. The summed E-state index contributed by atoms with van der Waals surface area (Å²) in [4.78, 5) is 10.8.